The fraction of sp³-hybridized carbons (Fsp3) is 0.545. The molecule has 1 aromatic heterocycles. The highest BCUT2D eigenvalue weighted by molar-refractivity contribution is 9.10. The number of nitrogens with zero attached hydrogens (tertiary/aromatic N) is 1. The molecule has 1 aliphatic rings. The van der Waals surface area contributed by atoms with Gasteiger partial charge in [-0.25, -0.2) is 4.98 Å². The number of hydrogen-bond donors (Lipinski definition) is 1. The summed E-state index contributed by atoms with van der Waals surface area (Å²) in [5, 5.41) is 3.44. The summed E-state index contributed by atoms with van der Waals surface area (Å²) in [5.74, 6) is 0.691. The van der Waals surface area contributed by atoms with Crippen LogP contribution in [0.4, 0.5) is 0 Å². The van der Waals surface area contributed by atoms with Gasteiger partial charge in [0.05, 0.1) is 0 Å². The second kappa shape index (κ2) is 5.47. The number of aromatic nitrogens is 1. The molecule has 3 nitrogen and oxygen atoms in total. The predicted molar refractivity (Wildman–Crippen MR) is 63.1 cm³/mol. The minimum absolute atomic E-state index is 0.486. The molecule has 0 aromatic carbocycles. The summed E-state index contributed by atoms with van der Waals surface area (Å²) in [5.41, 5.74) is 0. The molecule has 1 atom stereocenters. The average Bonchev–Trinajstić information content (AvgIpc) is 2.28. The lowest BCUT2D eigenvalue weighted by atomic mass is 10.1. The highest BCUT2D eigenvalue weighted by Crippen LogP contribution is 2.13. The number of pyridine rings is 1. The van der Waals surface area contributed by atoms with Crippen molar-refractivity contribution >= 4 is 15.9 Å². The molecule has 1 fully saturated rings. The highest BCUT2D eigenvalue weighted by atomic mass is 79.9. The van der Waals surface area contributed by atoms with Crippen molar-refractivity contribution in [2.45, 2.75) is 25.3 Å². The van der Waals surface area contributed by atoms with E-state index in [2.05, 4.69) is 26.2 Å². The van der Waals surface area contributed by atoms with Gasteiger partial charge in [-0.2, -0.15) is 0 Å². The zero-order chi connectivity index (χ0) is 10.5. The monoisotopic (exact) mass is 270 g/mol. The maximum absolute atomic E-state index is 5.62. The van der Waals surface area contributed by atoms with Gasteiger partial charge in [0.15, 0.2) is 0 Å². The zero-order valence-corrected chi connectivity index (χ0v) is 10.2. The first-order valence-electron chi connectivity index (χ1n) is 5.33. The first-order chi connectivity index (χ1) is 7.34. The molecule has 0 amide bonds. The first-order valence-corrected chi connectivity index (χ1v) is 6.12. The molecule has 1 aromatic rings. The lowest BCUT2D eigenvalue weighted by Gasteiger charge is -2.23. The Labute approximate surface area is 98.4 Å². The Bertz CT molecular complexity index is 313. The number of rotatable bonds is 3. The molecule has 0 spiro atoms. The van der Waals surface area contributed by atoms with E-state index in [1.165, 1.54) is 19.3 Å². The van der Waals surface area contributed by atoms with Gasteiger partial charge in [-0.05, 0) is 41.4 Å². The van der Waals surface area contributed by atoms with Gasteiger partial charge in [-0.1, -0.05) is 12.5 Å². The number of nitrogens with one attached hydrogen (secondary N) is 1. The van der Waals surface area contributed by atoms with Crippen LogP contribution in [0, 0.1) is 0 Å². The Kier molecular flexibility index (Phi) is 3.97. The van der Waals surface area contributed by atoms with Crippen molar-refractivity contribution in [2.75, 3.05) is 13.2 Å². The van der Waals surface area contributed by atoms with Crippen LogP contribution in [0.2, 0.25) is 0 Å². The number of ether oxygens (including phenoxy) is 1. The first kappa shape index (κ1) is 10.9. The van der Waals surface area contributed by atoms with Gasteiger partial charge in [0.25, 0.3) is 0 Å². The zero-order valence-electron chi connectivity index (χ0n) is 8.58. The van der Waals surface area contributed by atoms with Crippen LogP contribution in [0.3, 0.4) is 0 Å². The van der Waals surface area contributed by atoms with E-state index in [-0.39, 0.29) is 0 Å². The van der Waals surface area contributed by atoms with Gasteiger partial charge in [0.2, 0.25) is 5.88 Å². The molecule has 0 aliphatic carbocycles. The Morgan fingerprint density at radius 1 is 1.47 bits per heavy atom. The van der Waals surface area contributed by atoms with E-state index in [9.17, 15) is 0 Å². The largest absolute Gasteiger partial charge is 0.476 e. The molecule has 0 radical (unpaired) electrons. The summed E-state index contributed by atoms with van der Waals surface area (Å²) in [7, 11) is 0. The average molecular weight is 271 g/mol. The van der Waals surface area contributed by atoms with E-state index in [4.69, 9.17) is 4.74 Å². The SMILES string of the molecule is Brc1cccc(OC[C@H]2CCCCN2)n1. The van der Waals surface area contributed by atoms with E-state index in [1.54, 1.807) is 0 Å². The smallest absolute Gasteiger partial charge is 0.214 e. The molecule has 82 valence electrons. The molecular formula is C11H15BrN2O. The van der Waals surface area contributed by atoms with Crippen molar-refractivity contribution in [3.63, 3.8) is 0 Å². The summed E-state index contributed by atoms with van der Waals surface area (Å²) in [6.45, 7) is 1.82. The Balaban J connectivity index is 1.81. The van der Waals surface area contributed by atoms with Crippen LogP contribution in [-0.4, -0.2) is 24.2 Å². The number of piperidine rings is 1. The molecule has 1 aliphatic heterocycles. The Morgan fingerprint density at radius 3 is 3.13 bits per heavy atom. The molecule has 2 rings (SSSR count). The van der Waals surface area contributed by atoms with Crippen LogP contribution in [0.15, 0.2) is 22.8 Å². The van der Waals surface area contributed by atoms with Crippen LogP contribution in [0.5, 0.6) is 5.88 Å². The van der Waals surface area contributed by atoms with E-state index in [0.717, 1.165) is 11.1 Å². The van der Waals surface area contributed by atoms with Crippen molar-refractivity contribution in [1.82, 2.24) is 10.3 Å². The summed E-state index contributed by atoms with van der Waals surface area (Å²) in [6.07, 6.45) is 3.78. The molecule has 0 saturated carbocycles. The van der Waals surface area contributed by atoms with Crippen molar-refractivity contribution in [2.24, 2.45) is 0 Å². The normalized spacial score (nSPS) is 21.3. The van der Waals surface area contributed by atoms with Crippen LogP contribution in [-0.2, 0) is 0 Å². The maximum Gasteiger partial charge on any atom is 0.214 e. The molecular weight excluding hydrogens is 256 g/mol. The van der Waals surface area contributed by atoms with E-state index in [1.807, 2.05) is 18.2 Å². The highest BCUT2D eigenvalue weighted by Gasteiger charge is 2.12. The second-order valence-electron chi connectivity index (χ2n) is 3.76. The van der Waals surface area contributed by atoms with E-state index in [0.29, 0.717) is 18.5 Å². The summed E-state index contributed by atoms with van der Waals surface area (Å²) in [4.78, 5) is 4.22. The van der Waals surface area contributed by atoms with Crippen LogP contribution < -0.4 is 10.1 Å². The number of hydrogen-bond acceptors (Lipinski definition) is 3. The van der Waals surface area contributed by atoms with E-state index < -0.39 is 0 Å². The van der Waals surface area contributed by atoms with Crippen LogP contribution in [0.25, 0.3) is 0 Å². The van der Waals surface area contributed by atoms with E-state index >= 15 is 0 Å². The van der Waals surface area contributed by atoms with Crippen LogP contribution in [0.1, 0.15) is 19.3 Å². The number of halogens is 1. The van der Waals surface area contributed by atoms with Crippen molar-refractivity contribution in [3.8, 4) is 5.88 Å². The molecule has 4 heteroatoms. The van der Waals surface area contributed by atoms with Gasteiger partial charge in [0, 0.05) is 12.1 Å². The van der Waals surface area contributed by atoms with Gasteiger partial charge in [-0.15, -0.1) is 0 Å². The quantitative estimate of drug-likeness (QED) is 0.857. The summed E-state index contributed by atoms with van der Waals surface area (Å²) < 4.78 is 6.44. The Morgan fingerprint density at radius 2 is 2.40 bits per heavy atom. The molecule has 0 bridgehead atoms. The molecule has 1 saturated heterocycles. The third kappa shape index (κ3) is 3.47. The Hall–Kier alpha value is -0.610. The maximum atomic E-state index is 5.62. The topological polar surface area (TPSA) is 34.1 Å². The van der Waals surface area contributed by atoms with Crippen LogP contribution >= 0.6 is 15.9 Å². The predicted octanol–water partition coefficient (Wildman–Crippen LogP) is 2.36. The van der Waals surface area contributed by atoms with Crippen molar-refractivity contribution in [1.29, 1.82) is 0 Å². The van der Waals surface area contributed by atoms with Gasteiger partial charge >= 0.3 is 0 Å². The van der Waals surface area contributed by atoms with Crippen molar-refractivity contribution in [3.05, 3.63) is 22.8 Å². The van der Waals surface area contributed by atoms with Gasteiger partial charge < -0.3 is 10.1 Å². The third-order valence-electron chi connectivity index (χ3n) is 2.53. The molecule has 1 N–H and O–H groups in total. The van der Waals surface area contributed by atoms with Gasteiger partial charge in [0.1, 0.15) is 11.2 Å². The fourth-order valence-electron chi connectivity index (χ4n) is 1.72. The minimum Gasteiger partial charge on any atom is -0.476 e. The minimum atomic E-state index is 0.486. The fourth-order valence-corrected chi connectivity index (χ4v) is 2.05. The second-order valence-corrected chi connectivity index (χ2v) is 4.57. The molecule has 2 heterocycles. The third-order valence-corrected chi connectivity index (χ3v) is 2.98. The molecule has 15 heavy (non-hydrogen) atoms. The summed E-state index contributed by atoms with van der Waals surface area (Å²) >= 11 is 3.32. The standard InChI is InChI=1S/C11H15BrN2O/c12-10-5-3-6-11(14-10)15-8-9-4-1-2-7-13-9/h3,5-6,9,13H,1-2,4,7-8H2/t9-/m1/s1. The molecule has 0 unspecified atom stereocenters. The van der Waals surface area contributed by atoms with Gasteiger partial charge in [-0.3, -0.25) is 0 Å². The lowest BCUT2D eigenvalue weighted by molar-refractivity contribution is 0.232. The lowest BCUT2D eigenvalue weighted by Crippen LogP contribution is -2.38. The van der Waals surface area contributed by atoms with Crippen molar-refractivity contribution < 1.29 is 4.74 Å². The summed E-state index contributed by atoms with van der Waals surface area (Å²) in [6, 6.07) is 6.19.